The highest BCUT2D eigenvalue weighted by Gasteiger charge is 2.36. The molecule has 1 amide bonds. The van der Waals surface area contributed by atoms with E-state index in [9.17, 15) is 4.79 Å². The Bertz CT molecular complexity index is 286. The van der Waals surface area contributed by atoms with Gasteiger partial charge in [0.15, 0.2) is 0 Å². The Balaban J connectivity index is 2.62. The second-order valence-electron chi connectivity index (χ2n) is 5.54. The van der Waals surface area contributed by atoms with E-state index in [1.807, 2.05) is 6.92 Å². The maximum absolute atomic E-state index is 11.5. The lowest BCUT2D eigenvalue weighted by atomic mass is 9.75. The molecule has 1 fully saturated rings. The van der Waals surface area contributed by atoms with Gasteiger partial charge in [0.05, 0.1) is 0 Å². The largest absolute Gasteiger partial charge is 0.351 e. The third kappa shape index (κ3) is 3.84. The number of likely N-dealkylation sites (N-methyl/N-ethyl adjacent to an activating group) is 1. The zero-order valence-corrected chi connectivity index (χ0v) is 11.6. The van der Waals surface area contributed by atoms with Gasteiger partial charge >= 0.3 is 0 Å². The van der Waals surface area contributed by atoms with E-state index in [4.69, 9.17) is 0 Å². The maximum atomic E-state index is 11.5. The lowest BCUT2D eigenvalue weighted by Gasteiger charge is -2.45. The normalized spacial score (nSPS) is 29.8. The second kappa shape index (κ2) is 6.20. The summed E-state index contributed by atoms with van der Waals surface area (Å²) in [5.74, 6) is 0.775. The van der Waals surface area contributed by atoms with Gasteiger partial charge in [-0.2, -0.15) is 0 Å². The van der Waals surface area contributed by atoms with Crippen LogP contribution in [0.2, 0.25) is 0 Å². The molecule has 1 aliphatic rings. The van der Waals surface area contributed by atoms with E-state index in [0.717, 1.165) is 12.5 Å². The first-order valence-electron chi connectivity index (χ1n) is 6.58. The second-order valence-corrected chi connectivity index (χ2v) is 5.54. The van der Waals surface area contributed by atoms with Crippen molar-refractivity contribution in [2.24, 2.45) is 5.92 Å². The van der Waals surface area contributed by atoms with E-state index in [2.05, 4.69) is 31.2 Å². The molecule has 0 aromatic carbocycles. The number of nitrogens with one attached hydrogen (secondary N) is 1. The van der Waals surface area contributed by atoms with Gasteiger partial charge in [-0.15, -0.1) is 0 Å². The van der Waals surface area contributed by atoms with E-state index in [1.54, 1.807) is 12.2 Å². The van der Waals surface area contributed by atoms with Gasteiger partial charge in [-0.25, -0.2) is 0 Å². The Labute approximate surface area is 105 Å². The van der Waals surface area contributed by atoms with Crippen molar-refractivity contribution >= 4 is 5.91 Å². The Morgan fingerprint density at radius 1 is 1.53 bits per heavy atom. The van der Waals surface area contributed by atoms with Gasteiger partial charge in [-0.1, -0.05) is 25.8 Å². The molecule has 0 aromatic rings. The molecule has 0 bridgehead atoms. The molecule has 1 N–H and O–H groups in total. The topological polar surface area (TPSA) is 32.3 Å². The highest BCUT2D eigenvalue weighted by molar-refractivity contribution is 5.87. The summed E-state index contributed by atoms with van der Waals surface area (Å²) in [6.07, 6.45) is 8.31. The molecule has 98 valence electrons. The zero-order valence-electron chi connectivity index (χ0n) is 11.6. The molecular weight excluding hydrogens is 212 g/mol. The van der Waals surface area contributed by atoms with Crippen molar-refractivity contribution in [1.82, 2.24) is 10.2 Å². The molecule has 1 rings (SSSR count). The smallest absolute Gasteiger partial charge is 0.243 e. The Kier molecular flexibility index (Phi) is 5.19. The van der Waals surface area contributed by atoms with Gasteiger partial charge in [0.25, 0.3) is 0 Å². The van der Waals surface area contributed by atoms with Gasteiger partial charge < -0.3 is 10.2 Å². The minimum absolute atomic E-state index is 0.0203. The van der Waals surface area contributed by atoms with Crippen molar-refractivity contribution in [1.29, 1.82) is 0 Å². The molecule has 2 unspecified atom stereocenters. The fourth-order valence-corrected chi connectivity index (χ4v) is 2.82. The molecule has 0 radical (unpaired) electrons. The summed E-state index contributed by atoms with van der Waals surface area (Å²) in [6.45, 7) is 4.93. The number of hydrogen-bond donors (Lipinski definition) is 1. The standard InChI is InChI=1S/C14H26N2O/c1-5-7-13(17)15-11-14(16(3)4)9-6-8-12(2)10-14/h5,7,12H,6,8-11H2,1-4H3,(H,15,17). The lowest BCUT2D eigenvalue weighted by molar-refractivity contribution is -0.117. The molecule has 0 aromatic heterocycles. The van der Waals surface area contributed by atoms with Crippen molar-refractivity contribution in [3.8, 4) is 0 Å². The van der Waals surface area contributed by atoms with Gasteiger partial charge in [-0.3, -0.25) is 4.79 Å². The average molecular weight is 238 g/mol. The fourth-order valence-electron chi connectivity index (χ4n) is 2.82. The van der Waals surface area contributed by atoms with Crippen LogP contribution in [-0.2, 0) is 4.79 Å². The van der Waals surface area contributed by atoms with Crippen LogP contribution in [0.25, 0.3) is 0 Å². The molecule has 3 heteroatoms. The van der Waals surface area contributed by atoms with Crippen molar-refractivity contribution < 1.29 is 4.79 Å². The molecule has 0 saturated heterocycles. The number of carbonyl (C=O) groups excluding carboxylic acids is 1. The van der Waals surface area contributed by atoms with Gasteiger partial charge in [0.1, 0.15) is 0 Å². The summed E-state index contributed by atoms with van der Waals surface area (Å²) in [7, 11) is 4.25. The van der Waals surface area contributed by atoms with Crippen LogP contribution in [0.4, 0.5) is 0 Å². The summed E-state index contributed by atoms with van der Waals surface area (Å²) in [5, 5.41) is 3.03. The molecule has 1 saturated carbocycles. The van der Waals surface area contributed by atoms with Crippen LogP contribution in [0.1, 0.15) is 39.5 Å². The number of nitrogens with zero attached hydrogens (tertiary/aromatic N) is 1. The van der Waals surface area contributed by atoms with Gasteiger partial charge in [-0.05, 0) is 45.9 Å². The number of rotatable bonds is 4. The molecule has 1 aliphatic carbocycles. The fraction of sp³-hybridized carbons (Fsp3) is 0.786. The highest BCUT2D eigenvalue weighted by atomic mass is 16.1. The SMILES string of the molecule is CC=CC(=O)NCC1(N(C)C)CCCC(C)C1. The van der Waals surface area contributed by atoms with Crippen molar-refractivity contribution in [3.63, 3.8) is 0 Å². The minimum Gasteiger partial charge on any atom is -0.351 e. The molecule has 0 spiro atoms. The van der Waals surface area contributed by atoms with Crippen LogP contribution in [0.15, 0.2) is 12.2 Å². The van der Waals surface area contributed by atoms with Crippen LogP contribution in [0, 0.1) is 5.92 Å². The summed E-state index contributed by atoms with van der Waals surface area (Å²) >= 11 is 0. The van der Waals surface area contributed by atoms with E-state index < -0.39 is 0 Å². The predicted octanol–water partition coefficient (Wildman–Crippen LogP) is 2.19. The summed E-state index contributed by atoms with van der Waals surface area (Å²) in [6, 6.07) is 0. The quantitative estimate of drug-likeness (QED) is 0.761. The molecule has 17 heavy (non-hydrogen) atoms. The van der Waals surface area contributed by atoms with Crippen LogP contribution in [0.5, 0.6) is 0 Å². The minimum atomic E-state index is 0.0203. The van der Waals surface area contributed by atoms with E-state index >= 15 is 0 Å². The highest BCUT2D eigenvalue weighted by Crippen LogP contribution is 2.35. The van der Waals surface area contributed by atoms with E-state index in [0.29, 0.717) is 0 Å². The first-order chi connectivity index (χ1) is 8.00. The molecule has 2 atom stereocenters. The van der Waals surface area contributed by atoms with Gasteiger partial charge in [0, 0.05) is 12.1 Å². The molecule has 0 heterocycles. The third-order valence-electron chi connectivity index (χ3n) is 3.93. The molecular formula is C14H26N2O. The summed E-state index contributed by atoms with van der Waals surface area (Å²) in [4.78, 5) is 13.8. The van der Waals surface area contributed by atoms with Crippen molar-refractivity contribution in [3.05, 3.63) is 12.2 Å². The monoisotopic (exact) mass is 238 g/mol. The number of amides is 1. The maximum Gasteiger partial charge on any atom is 0.243 e. The first kappa shape index (κ1) is 14.2. The average Bonchev–Trinajstić information content (AvgIpc) is 2.27. The Morgan fingerprint density at radius 2 is 2.24 bits per heavy atom. The Morgan fingerprint density at radius 3 is 2.76 bits per heavy atom. The van der Waals surface area contributed by atoms with Crippen LogP contribution in [0.3, 0.4) is 0 Å². The molecule has 0 aliphatic heterocycles. The zero-order chi connectivity index (χ0) is 12.9. The van der Waals surface area contributed by atoms with E-state index in [1.165, 1.54) is 25.7 Å². The summed E-state index contributed by atoms with van der Waals surface area (Å²) in [5.41, 5.74) is 0.148. The van der Waals surface area contributed by atoms with Crippen molar-refractivity contribution in [2.75, 3.05) is 20.6 Å². The summed E-state index contributed by atoms with van der Waals surface area (Å²) < 4.78 is 0. The van der Waals surface area contributed by atoms with Crippen LogP contribution in [-0.4, -0.2) is 37.0 Å². The Hall–Kier alpha value is -0.830. The number of carbonyl (C=O) groups is 1. The predicted molar refractivity (Wildman–Crippen MR) is 71.9 cm³/mol. The van der Waals surface area contributed by atoms with E-state index in [-0.39, 0.29) is 11.4 Å². The van der Waals surface area contributed by atoms with Crippen LogP contribution < -0.4 is 5.32 Å². The van der Waals surface area contributed by atoms with Crippen LogP contribution >= 0.6 is 0 Å². The number of hydrogen-bond acceptors (Lipinski definition) is 2. The first-order valence-corrected chi connectivity index (χ1v) is 6.58. The lowest BCUT2D eigenvalue weighted by Crippen LogP contribution is -2.54. The molecule has 3 nitrogen and oxygen atoms in total. The van der Waals surface area contributed by atoms with Gasteiger partial charge in [0.2, 0.25) is 5.91 Å². The third-order valence-corrected chi connectivity index (χ3v) is 3.93. The number of allylic oxidation sites excluding steroid dienone is 1. The van der Waals surface area contributed by atoms with Crippen molar-refractivity contribution in [2.45, 2.75) is 45.1 Å².